The number of halogens is 2. The van der Waals surface area contributed by atoms with E-state index in [1.165, 1.54) is 17.7 Å². The highest BCUT2D eigenvalue weighted by atomic mass is 79.9. The molecule has 3 aromatic rings. The molecule has 0 saturated carbocycles. The Hall–Kier alpha value is -2.51. The maximum Gasteiger partial charge on any atom is 0.269 e. The van der Waals surface area contributed by atoms with Crippen LogP contribution in [0.4, 0.5) is 11.4 Å². The number of non-ortho nitro benzene ring substituents is 1. The van der Waals surface area contributed by atoms with E-state index in [4.69, 9.17) is 4.74 Å². The standard InChI is InChI=1S/C21H16Br2N2O3/c1-14-2-4-15(5-3-14)13-28-21-16(10-17(22)11-20(21)23)12-24-18-6-8-19(9-7-18)25(26)27/h2-12H,13H2,1H3. The largest absolute Gasteiger partial charge is 0.487 e. The molecule has 0 aliphatic carbocycles. The van der Waals surface area contributed by atoms with Crippen molar-refractivity contribution in [2.24, 2.45) is 4.99 Å². The predicted octanol–water partition coefficient (Wildman–Crippen LogP) is 6.76. The molecule has 0 unspecified atom stereocenters. The molecule has 0 amide bonds. The topological polar surface area (TPSA) is 64.7 Å². The van der Waals surface area contributed by atoms with E-state index in [0.29, 0.717) is 18.0 Å². The molecule has 0 spiro atoms. The van der Waals surface area contributed by atoms with Crippen LogP contribution in [0.1, 0.15) is 16.7 Å². The lowest BCUT2D eigenvalue weighted by molar-refractivity contribution is -0.384. The maximum absolute atomic E-state index is 10.8. The Bertz CT molecular complexity index is 1020. The van der Waals surface area contributed by atoms with Crippen molar-refractivity contribution in [3.8, 4) is 5.75 Å². The second kappa shape index (κ2) is 9.12. The third kappa shape index (κ3) is 5.27. The lowest BCUT2D eigenvalue weighted by Crippen LogP contribution is -1.99. The maximum atomic E-state index is 10.8. The summed E-state index contributed by atoms with van der Waals surface area (Å²) < 4.78 is 7.73. The van der Waals surface area contributed by atoms with Gasteiger partial charge in [0, 0.05) is 28.4 Å². The fourth-order valence-corrected chi connectivity index (χ4v) is 3.85. The van der Waals surface area contributed by atoms with Gasteiger partial charge in [-0.25, -0.2) is 0 Å². The van der Waals surface area contributed by atoms with E-state index in [1.54, 1.807) is 18.3 Å². The van der Waals surface area contributed by atoms with Gasteiger partial charge in [-0.05, 0) is 52.7 Å². The summed E-state index contributed by atoms with van der Waals surface area (Å²) in [7, 11) is 0. The van der Waals surface area contributed by atoms with E-state index in [1.807, 2.05) is 43.3 Å². The minimum Gasteiger partial charge on any atom is -0.487 e. The third-order valence-corrected chi connectivity index (χ3v) is 5.00. The van der Waals surface area contributed by atoms with E-state index >= 15 is 0 Å². The number of nitro groups is 1. The quantitative estimate of drug-likeness (QED) is 0.212. The Kier molecular flexibility index (Phi) is 6.59. The van der Waals surface area contributed by atoms with Crippen molar-refractivity contribution in [1.29, 1.82) is 0 Å². The van der Waals surface area contributed by atoms with Gasteiger partial charge in [0.2, 0.25) is 0 Å². The van der Waals surface area contributed by atoms with E-state index < -0.39 is 4.92 Å². The number of aliphatic imine (C=N–C) groups is 1. The molecule has 0 N–H and O–H groups in total. The first-order valence-corrected chi connectivity index (χ1v) is 9.97. The normalized spacial score (nSPS) is 11.0. The van der Waals surface area contributed by atoms with E-state index in [0.717, 1.165) is 20.1 Å². The van der Waals surface area contributed by atoms with Gasteiger partial charge in [0.05, 0.1) is 15.1 Å². The average molecular weight is 504 g/mol. The van der Waals surface area contributed by atoms with Crippen molar-refractivity contribution < 1.29 is 9.66 Å². The molecule has 5 nitrogen and oxygen atoms in total. The minimum atomic E-state index is -0.435. The van der Waals surface area contributed by atoms with Gasteiger partial charge < -0.3 is 4.74 Å². The van der Waals surface area contributed by atoms with E-state index in [9.17, 15) is 10.1 Å². The highest BCUT2D eigenvalue weighted by molar-refractivity contribution is 9.11. The van der Waals surface area contributed by atoms with Gasteiger partial charge in [0.25, 0.3) is 5.69 Å². The van der Waals surface area contributed by atoms with Gasteiger partial charge in [-0.1, -0.05) is 45.8 Å². The Labute approximate surface area is 179 Å². The molecule has 0 aliphatic heterocycles. The minimum absolute atomic E-state index is 0.0336. The summed E-state index contributed by atoms with van der Waals surface area (Å²) in [6.07, 6.45) is 1.68. The fourth-order valence-electron chi connectivity index (χ4n) is 2.47. The second-order valence-electron chi connectivity index (χ2n) is 6.11. The summed E-state index contributed by atoms with van der Waals surface area (Å²) in [5.41, 5.74) is 3.70. The van der Waals surface area contributed by atoms with Crippen LogP contribution in [0.2, 0.25) is 0 Å². The first-order chi connectivity index (χ1) is 13.4. The van der Waals surface area contributed by atoms with Gasteiger partial charge in [0.15, 0.2) is 0 Å². The molecule has 0 aliphatic rings. The molecule has 0 fully saturated rings. The van der Waals surface area contributed by atoms with Crippen LogP contribution in [-0.4, -0.2) is 11.1 Å². The van der Waals surface area contributed by atoms with Gasteiger partial charge in [0.1, 0.15) is 12.4 Å². The highest BCUT2D eigenvalue weighted by Crippen LogP contribution is 2.33. The van der Waals surface area contributed by atoms with Crippen LogP contribution in [-0.2, 0) is 6.61 Å². The van der Waals surface area contributed by atoms with Crippen LogP contribution in [0.5, 0.6) is 5.75 Å². The first kappa shape index (κ1) is 20.2. The molecule has 0 heterocycles. The number of nitro benzene ring substituents is 1. The summed E-state index contributed by atoms with van der Waals surface area (Å²) in [6, 6.07) is 18.1. The number of nitrogens with zero attached hydrogens (tertiary/aromatic N) is 2. The molecule has 28 heavy (non-hydrogen) atoms. The lowest BCUT2D eigenvalue weighted by Gasteiger charge is -2.12. The van der Waals surface area contributed by atoms with Crippen LogP contribution in [0.25, 0.3) is 0 Å². The predicted molar refractivity (Wildman–Crippen MR) is 118 cm³/mol. The third-order valence-electron chi connectivity index (χ3n) is 3.95. The number of rotatable bonds is 6. The molecular formula is C21H16Br2N2O3. The van der Waals surface area contributed by atoms with Gasteiger partial charge in [-0.15, -0.1) is 0 Å². The van der Waals surface area contributed by atoms with Crippen LogP contribution >= 0.6 is 31.9 Å². The summed E-state index contributed by atoms with van der Waals surface area (Å²) in [6.45, 7) is 2.47. The average Bonchev–Trinajstić information content (AvgIpc) is 2.67. The first-order valence-electron chi connectivity index (χ1n) is 8.38. The number of ether oxygens (including phenoxy) is 1. The molecule has 142 valence electrons. The van der Waals surface area contributed by atoms with Crippen LogP contribution in [0, 0.1) is 17.0 Å². The molecule has 0 aromatic heterocycles. The van der Waals surface area contributed by atoms with E-state index in [2.05, 4.69) is 36.9 Å². The van der Waals surface area contributed by atoms with Crippen molar-refractivity contribution in [2.45, 2.75) is 13.5 Å². The van der Waals surface area contributed by atoms with Crippen molar-refractivity contribution in [3.63, 3.8) is 0 Å². The Morgan fingerprint density at radius 2 is 1.75 bits per heavy atom. The molecular weight excluding hydrogens is 488 g/mol. The molecule has 7 heteroatoms. The molecule has 3 rings (SSSR count). The van der Waals surface area contributed by atoms with Gasteiger partial charge >= 0.3 is 0 Å². The van der Waals surface area contributed by atoms with Crippen molar-refractivity contribution >= 4 is 49.4 Å². The lowest BCUT2D eigenvalue weighted by atomic mass is 10.1. The van der Waals surface area contributed by atoms with Gasteiger partial charge in [-0.3, -0.25) is 15.1 Å². The van der Waals surface area contributed by atoms with Crippen LogP contribution < -0.4 is 4.74 Å². The zero-order valence-electron chi connectivity index (χ0n) is 14.9. The van der Waals surface area contributed by atoms with Gasteiger partial charge in [-0.2, -0.15) is 0 Å². The summed E-state index contributed by atoms with van der Waals surface area (Å²) in [5.74, 6) is 0.675. The summed E-state index contributed by atoms with van der Waals surface area (Å²) >= 11 is 7.02. The Balaban J connectivity index is 1.83. The highest BCUT2D eigenvalue weighted by Gasteiger charge is 2.10. The number of hydrogen-bond donors (Lipinski definition) is 0. The molecule has 3 aromatic carbocycles. The Morgan fingerprint density at radius 3 is 2.39 bits per heavy atom. The van der Waals surface area contributed by atoms with Crippen LogP contribution in [0.3, 0.4) is 0 Å². The number of aryl methyl sites for hydroxylation is 1. The van der Waals surface area contributed by atoms with Crippen LogP contribution in [0.15, 0.2) is 74.6 Å². The molecule has 0 saturated heterocycles. The smallest absolute Gasteiger partial charge is 0.269 e. The summed E-state index contributed by atoms with van der Waals surface area (Å²) in [5, 5.41) is 10.8. The fraction of sp³-hybridized carbons (Fsp3) is 0.0952. The molecule has 0 radical (unpaired) electrons. The number of hydrogen-bond acceptors (Lipinski definition) is 4. The van der Waals surface area contributed by atoms with Crippen molar-refractivity contribution in [3.05, 3.63) is 96.4 Å². The Morgan fingerprint density at radius 1 is 1.07 bits per heavy atom. The van der Waals surface area contributed by atoms with Crippen molar-refractivity contribution in [1.82, 2.24) is 0 Å². The SMILES string of the molecule is Cc1ccc(COc2c(Br)cc(Br)cc2C=Nc2ccc([N+](=O)[O-])cc2)cc1. The molecule has 0 bridgehead atoms. The zero-order valence-corrected chi connectivity index (χ0v) is 18.1. The molecule has 0 atom stereocenters. The zero-order chi connectivity index (χ0) is 20.1. The van der Waals surface area contributed by atoms with E-state index in [-0.39, 0.29) is 5.69 Å². The monoisotopic (exact) mass is 502 g/mol. The summed E-state index contributed by atoms with van der Waals surface area (Å²) in [4.78, 5) is 14.7. The number of benzene rings is 3. The van der Waals surface area contributed by atoms with Crippen molar-refractivity contribution in [2.75, 3.05) is 0 Å². The second-order valence-corrected chi connectivity index (χ2v) is 7.88.